The molecule has 0 radical (unpaired) electrons. The molecule has 2 heterocycles. The fourth-order valence-electron chi connectivity index (χ4n) is 4.09. The predicted molar refractivity (Wildman–Crippen MR) is 85.1 cm³/mol. The Kier molecular flexibility index (Phi) is 4.21. The van der Waals surface area contributed by atoms with Gasteiger partial charge in [0.15, 0.2) is 0 Å². The van der Waals surface area contributed by atoms with Gasteiger partial charge in [-0.15, -0.1) is 0 Å². The number of hydrogen-bond donors (Lipinski definition) is 1. The topological polar surface area (TPSA) is 49.4 Å². The smallest absolute Gasteiger partial charge is 0.249 e. The van der Waals surface area contributed by atoms with Crippen molar-refractivity contribution in [3.8, 4) is 0 Å². The van der Waals surface area contributed by atoms with E-state index in [0.29, 0.717) is 5.92 Å². The second-order valence-corrected chi connectivity index (χ2v) is 8.30. The summed E-state index contributed by atoms with van der Waals surface area (Å²) >= 11 is 1.97. The van der Waals surface area contributed by atoms with Gasteiger partial charge in [0, 0.05) is 6.54 Å². The van der Waals surface area contributed by atoms with Crippen LogP contribution in [0.3, 0.4) is 0 Å². The predicted octanol–water partition coefficient (Wildman–Crippen LogP) is 2.04. The lowest BCUT2D eigenvalue weighted by molar-refractivity contribution is -0.157. The van der Waals surface area contributed by atoms with E-state index in [1.165, 1.54) is 12.2 Å². The van der Waals surface area contributed by atoms with Crippen LogP contribution in [0.1, 0.15) is 46.0 Å². The van der Waals surface area contributed by atoms with E-state index in [1.807, 2.05) is 30.5 Å². The molecule has 1 N–H and O–H groups in total. The fourth-order valence-corrected chi connectivity index (χ4v) is 5.36. The number of amides is 2. The number of carbonyl (C=O) groups is 2. The summed E-state index contributed by atoms with van der Waals surface area (Å²) in [6, 6.07) is -0.283. The zero-order valence-corrected chi connectivity index (χ0v) is 13.9. The SMILES string of the molecule is CC(C)C1C(=O)NC2(CCCC2)C(=O)N1CC1CCSC1. The maximum absolute atomic E-state index is 13.1. The van der Waals surface area contributed by atoms with Crippen molar-refractivity contribution in [3.63, 3.8) is 0 Å². The molecule has 2 aliphatic heterocycles. The van der Waals surface area contributed by atoms with E-state index in [4.69, 9.17) is 0 Å². The summed E-state index contributed by atoms with van der Waals surface area (Å²) in [6.07, 6.45) is 4.90. The first-order valence-corrected chi connectivity index (χ1v) is 9.40. The summed E-state index contributed by atoms with van der Waals surface area (Å²) in [5, 5.41) is 3.09. The van der Waals surface area contributed by atoms with E-state index in [1.54, 1.807) is 0 Å². The maximum atomic E-state index is 13.1. The first kappa shape index (κ1) is 15.2. The third-order valence-corrected chi connectivity index (χ3v) is 6.44. The largest absolute Gasteiger partial charge is 0.340 e. The first-order valence-electron chi connectivity index (χ1n) is 8.24. The number of nitrogens with one attached hydrogen (secondary N) is 1. The Morgan fingerprint density at radius 1 is 1.33 bits per heavy atom. The normalized spacial score (nSPS) is 32.2. The molecule has 1 spiro atoms. The van der Waals surface area contributed by atoms with Crippen LogP contribution in [0.4, 0.5) is 0 Å². The van der Waals surface area contributed by atoms with Crippen molar-refractivity contribution in [1.29, 1.82) is 0 Å². The van der Waals surface area contributed by atoms with Gasteiger partial charge >= 0.3 is 0 Å². The minimum absolute atomic E-state index is 0.0668. The molecule has 3 aliphatic rings. The van der Waals surface area contributed by atoms with Gasteiger partial charge in [-0.3, -0.25) is 9.59 Å². The van der Waals surface area contributed by atoms with Gasteiger partial charge in [-0.05, 0) is 42.6 Å². The van der Waals surface area contributed by atoms with Crippen molar-refractivity contribution in [2.75, 3.05) is 18.1 Å². The molecule has 21 heavy (non-hydrogen) atoms. The highest BCUT2D eigenvalue weighted by Gasteiger charge is 2.52. The lowest BCUT2D eigenvalue weighted by Crippen LogP contribution is -2.71. The third-order valence-electron chi connectivity index (χ3n) is 5.20. The lowest BCUT2D eigenvalue weighted by Gasteiger charge is -2.46. The molecule has 1 saturated carbocycles. The molecule has 1 aliphatic carbocycles. The van der Waals surface area contributed by atoms with Gasteiger partial charge in [0.25, 0.3) is 0 Å². The summed E-state index contributed by atoms with van der Waals surface area (Å²) in [5.74, 6) is 3.30. The van der Waals surface area contributed by atoms with Crippen LogP contribution < -0.4 is 5.32 Å². The van der Waals surface area contributed by atoms with Crippen molar-refractivity contribution >= 4 is 23.6 Å². The summed E-state index contributed by atoms with van der Waals surface area (Å²) in [4.78, 5) is 27.7. The van der Waals surface area contributed by atoms with E-state index in [2.05, 4.69) is 5.32 Å². The van der Waals surface area contributed by atoms with Crippen LogP contribution in [0.5, 0.6) is 0 Å². The Morgan fingerprint density at radius 2 is 2.05 bits per heavy atom. The molecular weight excluding hydrogens is 284 g/mol. The van der Waals surface area contributed by atoms with E-state index in [0.717, 1.165) is 38.0 Å². The number of rotatable bonds is 3. The van der Waals surface area contributed by atoms with Crippen molar-refractivity contribution in [2.24, 2.45) is 11.8 Å². The molecular formula is C16H26N2O2S. The molecule has 5 heteroatoms. The highest BCUT2D eigenvalue weighted by atomic mass is 32.2. The lowest BCUT2D eigenvalue weighted by atomic mass is 9.86. The maximum Gasteiger partial charge on any atom is 0.249 e. The Labute approximate surface area is 131 Å². The van der Waals surface area contributed by atoms with Crippen LogP contribution in [0.2, 0.25) is 0 Å². The Bertz CT molecular complexity index is 426. The number of hydrogen-bond acceptors (Lipinski definition) is 3. The summed E-state index contributed by atoms with van der Waals surface area (Å²) in [6.45, 7) is 4.85. The molecule has 2 saturated heterocycles. The Morgan fingerprint density at radius 3 is 2.62 bits per heavy atom. The minimum atomic E-state index is -0.575. The first-order chi connectivity index (χ1) is 10.0. The second kappa shape index (κ2) is 5.82. The van der Waals surface area contributed by atoms with E-state index in [-0.39, 0.29) is 23.8 Å². The van der Waals surface area contributed by atoms with Crippen molar-refractivity contribution in [3.05, 3.63) is 0 Å². The molecule has 3 rings (SSSR count). The number of nitrogens with zero attached hydrogens (tertiary/aromatic N) is 1. The van der Waals surface area contributed by atoms with Gasteiger partial charge in [-0.1, -0.05) is 26.7 Å². The highest BCUT2D eigenvalue weighted by molar-refractivity contribution is 7.99. The van der Waals surface area contributed by atoms with Crippen LogP contribution in [0, 0.1) is 11.8 Å². The monoisotopic (exact) mass is 310 g/mol. The molecule has 3 fully saturated rings. The van der Waals surface area contributed by atoms with E-state index < -0.39 is 5.54 Å². The summed E-state index contributed by atoms with van der Waals surface area (Å²) in [7, 11) is 0. The average molecular weight is 310 g/mol. The average Bonchev–Trinajstić information content (AvgIpc) is 3.07. The zero-order chi connectivity index (χ0) is 15.0. The number of thioether (sulfide) groups is 1. The van der Waals surface area contributed by atoms with Gasteiger partial charge in [0.1, 0.15) is 11.6 Å². The van der Waals surface area contributed by atoms with Crippen molar-refractivity contribution in [2.45, 2.75) is 57.5 Å². The molecule has 118 valence electrons. The highest BCUT2D eigenvalue weighted by Crippen LogP contribution is 2.37. The molecule has 4 nitrogen and oxygen atoms in total. The van der Waals surface area contributed by atoms with Crippen molar-refractivity contribution in [1.82, 2.24) is 10.2 Å². The number of carbonyl (C=O) groups excluding carboxylic acids is 2. The van der Waals surface area contributed by atoms with Crippen LogP contribution in [-0.2, 0) is 9.59 Å². The molecule has 0 aromatic carbocycles. The fraction of sp³-hybridized carbons (Fsp3) is 0.875. The van der Waals surface area contributed by atoms with Crippen LogP contribution in [0.25, 0.3) is 0 Å². The molecule has 2 unspecified atom stereocenters. The molecule has 2 atom stereocenters. The van der Waals surface area contributed by atoms with Gasteiger partial charge < -0.3 is 10.2 Å². The minimum Gasteiger partial charge on any atom is -0.340 e. The van der Waals surface area contributed by atoms with Crippen LogP contribution in [-0.4, -0.2) is 46.3 Å². The Balaban J connectivity index is 1.85. The molecule has 2 amide bonds. The molecule has 0 aromatic heterocycles. The van der Waals surface area contributed by atoms with Gasteiger partial charge in [-0.25, -0.2) is 0 Å². The van der Waals surface area contributed by atoms with E-state index in [9.17, 15) is 9.59 Å². The van der Waals surface area contributed by atoms with Gasteiger partial charge in [-0.2, -0.15) is 11.8 Å². The van der Waals surface area contributed by atoms with Crippen LogP contribution >= 0.6 is 11.8 Å². The number of piperazine rings is 1. The third kappa shape index (κ3) is 2.69. The summed E-state index contributed by atoms with van der Waals surface area (Å²) < 4.78 is 0. The standard InChI is InChI=1S/C16H26N2O2S/c1-11(2)13-14(19)17-16(6-3-4-7-16)15(20)18(13)9-12-5-8-21-10-12/h11-13H,3-10H2,1-2H3,(H,17,19). The molecule has 0 bridgehead atoms. The summed E-state index contributed by atoms with van der Waals surface area (Å²) in [5.41, 5.74) is -0.575. The molecule has 0 aromatic rings. The van der Waals surface area contributed by atoms with Gasteiger partial charge in [0.2, 0.25) is 11.8 Å². The Hall–Kier alpha value is -0.710. The zero-order valence-electron chi connectivity index (χ0n) is 13.1. The van der Waals surface area contributed by atoms with E-state index >= 15 is 0 Å². The second-order valence-electron chi connectivity index (χ2n) is 7.15. The quantitative estimate of drug-likeness (QED) is 0.868. The van der Waals surface area contributed by atoms with Gasteiger partial charge in [0.05, 0.1) is 0 Å². The van der Waals surface area contributed by atoms with Crippen molar-refractivity contribution < 1.29 is 9.59 Å². The van der Waals surface area contributed by atoms with Crippen LogP contribution in [0.15, 0.2) is 0 Å².